The molecule has 3 aromatic rings. The maximum Gasteiger partial charge on any atom is 0.416 e. The van der Waals surface area contributed by atoms with Crippen molar-refractivity contribution in [2.45, 2.75) is 6.18 Å². The number of aliphatic hydroxyl groups excluding tert-OH is 1. The van der Waals surface area contributed by atoms with Crippen LogP contribution in [0, 0.1) is 0 Å². The lowest BCUT2D eigenvalue weighted by molar-refractivity contribution is -0.137. The lowest BCUT2D eigenvalue weighted by Crippen LogP contribution is -2.04. The number of nitrogens with zero attached hydrogens (tertiary/aromatic N) is 2. The van der Waals surface area contributed by atoms with Gasteiger partial charge in [-0.25, -0.2) is 4.98 Å². The molecule has 0 aliphatic heterocycles. The molecule has 0 atom stereocenters. The first-order valence-electron chi connectivity index (χ1n) is 7.09. The largest absolute Gasteiger partial charge is 0.504 e. The van der Waals surface area contributed by atoms with Crippen LogP contribution in [0.2, 0.25) is 0 Å². The lowest BCUT2D eigenvalue weighted by atomic mass is 10.2. The number of hydrogen-bond acceptors (Lipinski definition) is 6. The van der Waals surface area contributed by atoms with E-state index in [1.165, 1.54) is 30.6 Å². The first kappa shape index (κ1) is 17.3. The number of allylic oxidation sites excluding steroid dienone is 1. The molecule has 0 spiro atoms. The van der Waals surface area contributed by atoms with Crippen LogP contribution in [-0.4, -0.2) is 26.1 Å². The van der Waals surface area contributed by atoms with Crippen LogP contribution in [0.4, 0.5) is 13.2 Å². The molecule has 0 bridgehead atoms. The van der Waals surface area contributed by atoms with E-state index in [2.05, 4.69) is 15.2 Å². The number of halogens is 3. The number of H-pyrrole nitrogens is 1. The van der Waals surface area contributed by atoms with Crippen LogP contribution in [0.15, 0.2) is 53.2 Å². The fourth-order valence-corrected chi connectivity index (χ4v) is 1.95. The molecular formula is C16H10F3N3O4. The minimum atomic E-state index is -4.51. The van der Waals surface area contributed by atoms with Crippen molar-refractivity contribution in [1.82, 2.24) is 15.2 Å². The summed E-state index contributed by atoms with van der Waals surface area (Å²) in [5, 5.41) is 15.7. The number of ketones is 1. The molecule has 2 heterocycles. The average Bonchev–Trinajstić information content (AvgIpc) is 3.26. The van der Waals surface area contributed by atoms with Gasteiger partial charge in [0.05, 0.1) is 5.56 Å². The molecule has 7 nitrogen and oxygen atoms in total. The van der Waals surface area contributed by atoms with E-state index in [1.807, 2.05) is 0 Å². The second-order valence-electron chi connectivity index (χ2n) is 4.96. The third kappa shape index (κ3) is 3.91. The van der Waals surface area contributed by atoms with Gasteiger partial charge in [-0.3, -0.25) is 9.89 Å². The van der Waals surface area contributed by atoms with Crippen LogP contribution in [0.3, 0.4) is 0 Å². The van der Waals surface area contributed by atoms with Gasteiger partial charge in [-0.05, 0) is 24.3 Å². The Bertz CT molecular complexity index is 946. The molecule has 2 N–H and O–H groups in total. The van der Waals surface area contributed by atoms with Crippen LogP contribution >= 0.6 is 0 Å². The number of aromatic amines is 1. The normalized spacial score (nSPS) is 12.2. The topological polar surface area (TPSA) is 101 Å². The van der Waals surface area contributed by atoms with E-state index in [4.69, 9.17) is 9.15 Å². The molecule has 2 aromatic heterocycles. The Hall–Kier alpha value is -3.56. The van der Waals surface area contributed by atoms with Crippen molar-refractivity contribution in [2.24, 2.45) is 0 Å². The molecule has 3 rings (SSSR count). The smallest absolute Gasteiger partial charge is 0.416 e. The van der Waals surface area contributed by atoms with E-state index in [0.717, 1.165) is 18.2 Å². The number of carbonyl (C=O) groups excluding carboxylic acids is 1. The summed E-state index contributed by atoms with van der Waals surface area (Å²) < 4.78 is 48.4. The van der Waals surface area contributed by atoms with Crippen LogP contribution < -0.4 is 4.74 Å². The number of nitrogens with one attached hydrogen (secondary N) is 1. The number of aliphatic hydroxyl groups is 1. The number of hydrogen-bond donors (Lipinski definition) is 2. The lowest BCUT2D eigenvalue weighted by Gasteiger charge is -2.08. The molecule has 134 valence electrons. The highest BCUT2D eigenvalue weighted by Gasteiger charge is 2.30. The van der Waals surface area contributed by atoms with Gasteiger partial charge in [-0.1, -0.05) is 6.07 Å². The zero-order valence-electron chi connectivity index (χ0n) is 12.8. The van der Waals surface area contributed by atoms with Crippen molar-refractivity contribution in [3.05, 3.63) is 65.9 Å². The molecule has 1 aromatic carbocycles. The standard InChI is InChI=1S/C16H10F3N3O4/c17-16(18,19)9-2-1-3-10(6-9)25-14-5-4-13(26-14)11(23)7-12(24)15-20-8-21-22-15/h1-8,24H,(H,20,21,22). The van der Waals surface area contributed by atoms with E-state index in [1.54, 1.807) is 0 Å². The predicted octanol–water partition coefficient (Wildman–Crippen LogP) is 3.99. The van der Waals surface area contributed by atoms with Gasteiger partial charge in [-0.2, -0.15) is 18.3 Å². The van der Waals surface area contributed by atoms with Gasteiger partial charge in [0, 0.05) is 12.1 Å². The molecular weight excluding hydrogens is 355 g/mol. The maximum atomic E-state index is 12.7. The van der Waals surface area contributed by atoms with Gasteiger partial charge in [0.15, 0.2) is 11.5 Å². The third-order valence-corrected chi connectivity index (χ3v) is 3.12. The van der Waals surface area contributed by atoms with E-state index in [9.17, 15) is 23.1 Å². The maximum absolute atomic E-state index is 12.7. The fourth-order valence-electron chi connectivity index (χ4n) is 1.95. The van der Waals surface area contributed by atoms with Gasteiger partial charge in [0.1, 0.15) is 12.1 Å². The van der Waals surface area contributed by atoms with Crippen LogP contribution in [0.25, 0.3) is 5.76 Å². The predicted molar refractivity (Wildman–Crippen MR) is 81.5 cm³/mol. The van der Waals surface area contributed by atoms with E-state index >= 15 is 0 Å². The molecule has 10 heteroatoms. The van der Waals surface area contributed by atoms with Crippen LogP contribution in [-0.2, 0) is 6.18 Å². The zero-order valence-corrected chi connectivity index (χ0v) is 12.8. The van der Waals surface area contributed by atoms with Gasteiger partial charge in [0.2, 0.25) is 11.6 Å². The van der Waals surface area contributed by atoms with Crippen molar-refractivity contribution >= 4 is 11.5 Å². The minimum Gasteiger partial charge on any atom is -0.504 e. The Morgan fingerprint density at radius 1 is 1.27 bits per heavy atom. The number of furan rings is 1. The van der Waals surface area contributed by atoms with Crippen molar-refractivity contribution in [3.8, 4) is 11.7 Å². The summed E-state index contributed by atoms with van der Waals surface area (Å²) in [6.45, 7) is 0. The minimum absolute atomic E-state index is 0.0784. The van der Waals surface area contributed by atoms with Gasteiger partial charge in [-0.15, -0.1) is 0 Å². The number of benzene rings is 1. The van der Waals surface area contributed by atoms with Crippen molar-refractivity contribution < 1.29 is 32.2 Å². The van der Waals surface area contributed by atoms with Gasteiger partial charge >= 0.3 is 6.18 Å². The zero-order chi connectivity index (χ0) is 18.7. The summed E-state index contributed by atoms with van der Waals surface area (Å²) in [4.78, 5) is 15.7. The molecule has 0 radical (unpaired) electrons. The summed E-state index contributed by atoms with van der Waals surface area (Å²) in [6.07, 6.45) is -2.44. The Morgan fingerprint density at radius 3 is 2.77 bits per heavy atom. The molecule has 0 aliphatic rings. The highest BCUT2D eigenvalue weighted by molar-refractivity contribution is 6.05. The van der Waals surface area contributed by atoms with Crippen LogP contribution in [0.1, 0.15) is 21.9 Å². The summed E-state index contributed by atoms with van der Waals surface area (Å²) in [5.74, 6) is -1.73. The molecule has 0 unspecified atom stereocenters. The van der Waals surface area contributed by atoms with E-state index < -0.39 is 23.3 Å². The molecule has 0 saturated heterocycles. The third-order valence-electron chi connectivity index (χ3n) is 3.12. The average molecular weight is 365 g/mol. The van der Waals surface area contributed by atoms with Crippen molar-refractivity contribution in [3.63, 3.8) is 0 Å². The van der Waals surface area contributed by atoms with Crippen molar-refractivity contribution in [2.75, 3.05) is 0 Å². The van der Waals surface area contributed by atoms with E-state index in [0.29, 0.717) is 0 Å². The molecule has 0 aliphatic carbocycles. The van der Waals surface area contributed by atoms with Gasteiger partial charge < -0.3 is 14.3 Å². The monoisotopic (exact) mass is 365 g/mol. The second kappa shape index (κ2) is 6.75. The molecule has 0 saturated carbocycles. The number of aromatic nitrogens is 3. The molecule has 26 heavy (non-hydrogen) atoms. The molecule has 0 fully saturated rings. The van der Waals surface area contributed by atoms with E-state index in [-0.39, 0.29) is 23.3 Å². The fraction of sp³-hybridized carbons (Fsp3) is 0.0625. The second-order valence-corrected chi connectivity index (χ2v) is 4.96. The van der Waals surface area contributed by atoms with Crippen LogP contribution in [0.5, 0.6) is 11.7 Å². The summed E-state index contributed by atoms with van der Waals surface area (Å²) in [6, 6.07) is 6.73. The number of ether oxygens (including phenoxy) is 1. The Balaban J connectivity index is 1.74. The summed E-state index contributed by atoms with van der Waals surface area (Å²) >= 11 is 0. The SMILES string of the molecule is O=C(C=C(O)c1nc[nH]n1)c1ccc(Oc2cccc(C(F)(F)F)c2)o1. The highest BCUT2D eigenvalue weighted by Crippen LogP contribution is 2.33. The Kier molecular flexibility index (Phi) is 4.48. The summed E-state index contributed by atoms with van der Waals surface area (Å²) in [5.41, 5.74) is -0.878. The summed E-state index contributed by atoms with van der Waals surface area (Å²) in [7, 11) is 0. The number of alkyl halides is 3. The Labute approximate surface area is 143 Å². The number of carbonyl (C=O) groups is 1. The molecule has 0 amide bonds. The highest BCUT2D eigenvalue weighted by atomic mass is 19.4. The first-order chi connectivity index (χ1) is 12.3. The number of rotatable bonds is 5. The van der Waals surface area contributed by atoms with Gasteiger partial charge in [0.25, 0.3) is 5.95 Å². The quantitative estimate of drug-likeness (QED) is 0.403. The van der Waals surface area contributed by atoms with Crippen molar-refractivity contribution in [1.29, 1.82) is 0 Å². The Morgan fingerprint density at radius 2 is 2.08 bits per heavy atom. The first-order valence-corrected chi connectivity index (χ1v) is 7.09.